The summed E-state index contributed by atoms with van der Waals surface area (Å²) in [6.07, 6.45) is 2.68. The van der Waals surface area contributed by atoms with Crippen LogP contribution in [0.2, 0.25) is 10.0 Å². The number of nitrogens with zero attached hydrogens (tertiary/aromatic N) is 2. The first-order valence-electron chi connectivity index (χ1n) is 4.74. The van der Waals surface area contributed by atoms with Crippen molar-refractivity contribution in [2.75, 3.05) is 0 Å². The fourth-order valence-electron chi connectivity index (χ4n) is 1.21. The Labute approximate surface area is 112 Å². The second-order valence-corrected chi connectivity index (χ2v) is 4.10. The van der Waals surface area contributed by atoms with Gasteiger partial charge in [0.25, 0.3) is 0 Å². The van der Waals surface area contributed by atoms with Gasteiger partial charge in [-0.15, -0.1) is 0 Å². The SMILES string of the molecule is O=C(O)c1ccc(Cl)cc1Oc1ncc(Cl)cn1. The predicted octanol–water partition coefficient (Wildman–Crippen LogP) is 3.27. The molecule has 0 bridgehead atoms. The van der Waals surface area contributed by atoms with E-state index >= 15 is 0 Å². The van der Waals surface area contributed by atoms with E-state index < -0.39 is 5.97 Å². The van der Waals surface area contributed by atoms with E-state index in [1.807, 2.05) is 0 Å². The molecule has 7 heteroatoms. The fraction of sp³-hybridized carbons (Fsp3) is 0. The molecule has 0 amide bonds. The summed E-state index contributed by atoms with van der Waals surface area (Å²) in [6.45, 7) is 0. The lowest BCUT2D eigenvalue weighted by Crippen LogP contribution is -2.01. The van der Waals surface area contributed by atoms with Crippen molar-refractivity contribution in [3.63, 3.8) is 0 Å². The van der Waals surface area contributed by atoms with Crippen LogP contribution in [0.1, 0.15) is 10.4 Å². The molecule has 18 heavy (non-hydrogen) atoms. The summed E-state index contributed by atoms with van der Waals surface area (Å²) >= 11 is 11.4. The summed E-state index contributed by atoms with van der Waals surface area (Å²) in [4.78, 5) is 18.6. The first-order chi connectivity index (χ1) is 8.56. The lowest BCUT2D eigenvalue weighted by atomic mass is 10.2. The van der Waals surface area contributed by atoms with Crippen molar-refractivity contribution in [3.05, 3.63) is 46.2 Å². The van der Waals surface area contributed by atoms with Crippen molar-refractivity contribution >= 4 is 29.2 Å². The van der Waals surface area contributed by atoms with Crippen LogP contribution in [0, 0.1) is 0 Å². The Bertz CT molecular complexity index is 587. The maximum atomic E-state index is 11.0. The van der Waals surface area contributed by atoms with Crippen LogP contribution in [-0.4, -0.2) is 21.0 Å². The second-order valence-electron chi connectivity index (χ2n) is 3.23. The third-order valence-corrected chi connectivity index (χ3v) is 2.40. The Morgan fingerprint density at radius 2 is 1.83 bits per heavy atom. The molecule has 1 N–H and O–H groups in total. The molecular weight excluding hydrogens is 279 g/mol. The molecule has 0 atom stereocenters. The predicted molar refractivity (Wildman–Crippen MR) is 65.5 cm³/mol. The monoisotopic (exact) mass is 284 g/mol. The summed E-state index contributed by atoms with van der Waals surface area (Å²) < 4.78 is 5.26. The first kappa shape index (κ1) is 12.6. The molecule has 0 fully saturated rings. The number of hydrogen-bond donors (Lipinski definition) is 1. The van der Waals surface area contributed by atoms with Gasteiger partial charge in [-0.3, -0.25) is 0 Å². The number of aromatic nitrogens is 2. The number of benzene rings is 1. The van der Waals surface area contributed by atoms with Gasteiger partial charge in [0.05, 0.1) is 17.4 Å². The smallest absolute Gasteiger partial charge is 0.339 e. The highest BCUT2D eigenvalue weighted by molar-refractivity contribution is 6.31. The number of carboxylic acids is 1. The zero-order valence-corrected chi connectivity index (χ0v) is 10.3. The van der Waals surface area contributed by atoms with Crippen LogP contribution in [0.15, 0.2) is 30.6 Å². The Kier molecular flexibility index (Phi) is 3.64. The van der Waals surface area contributed by atoms with Crippen LogP contribution in [0.25, 0.3) is 0 Å². The van der Waals surface area contributed by atoms with Crippen molar-refractivity contribution in [3.8, 4) is 11.8 Å². The number of carboxylic acid groups (broad SMARTS) is 1. The standard InChI is InChI=1S/C11H6Cl2N2O3/c12-6-1-2-8(10(16)17)9(3-6)18-11-14-4-7(13)5-15-11/h1-5H,(H,16,17). The molecule has 0 unspecified atom stereocenters. The van der Waals surface area contributed by atoms with Gasteiger partial charge in [-0.25, -0.2) is 14.8 Å². The van der Waals surface area contributed by atoms with Crippen molar-refractivity contribution in [2.45, 2.75) is 0 Å². The molecule has 1 heterocycles. The Balaban J connectivity index is 2.35. The van der Waals surface area contributed by atoms with Gasteiger partial charge in [0, 0.05) is 11.1 Å². The molecule has 2 aromatic rings. The van der Waals surface area contributed by atoms with E-state index in [-0.39, 0.29) is 17.3 Å². The fourth-order valence-corrected chi connectivity index (χ4v) is 1.47. The van der Waals surface area contributed by atoms with Gasteiger partial charge in [-0.1, -0.05) is 23.2 Å². The number of rotatable bonds is 3. The number of aromatic carboxylic acids is 1. The average Bonchev–Trinajstić information content (AvgIpc) is 2.32. The molecule has 0 aliphatic heterocycles. The van der Waals surface area contributed by atoms with Crippen LogP contribution in [0.5, 0.6) is 11.8 Å². The number of ether oxygens (including phenoxy) is 1. The maximum absolute atomic E-state index is 11.0. The number of carbonyl (C=O) groups is 1. The van der Waals surface area contributed by atoms with Gasteiger partial charge in [-0.05, 0) is 12.1 Å². The molecule has 0 saturated heterocycles. The minimum Gasteiger partial charge on any atom is -0.478 e. The van der Waals surface area contributed by atoms with Gasteiger partial charge in [0.2, 0.25) is 0 Å². The van der Waals surface area contributed by atoms with E-state index in [0.29, 0.717) is 10.0 Å². The Morgan fingerprint density at radius 1 is 1.17 bits per heavy atom. The third kappa shape index (κ3) is 2.88. The van der Waals surface area contributed by atoms with E-state index in [4.69, 9.17) is 33.0 Å². The summed E-state index contributed by atoms with van der Waals surface area (Å²) in [7, 11) is 0. The second kappa shape index (κ2) is 5.20. The van der Waals surface area contributed by atoms with E-state index in [9.17, 15) is 4.79 Å². The molecule has 1 aromatic carbocycles. The number of hydrogen-bond acceptors (Lipinski definition) is 4. The molecule has 2 rings (SSSR count). The van der Waals surface area contributed by atoms with Crippen molar-refractivity contribution in [1.29, 1.82) is 0 Å². The summed E-state index contributed by atoms with van der Waals surface area (Å²) in [5, 5.41) is 9.70. The molecule has 0 aliphatic carbocycles. The highest BCUT2D eigenvalue weighted by atomic mass is 35.5. The molecule has 92 valence electrons. The van der Waals surface area contributed by atoms with Crippen LogP contribution in [0.3, 0.4) is 0 Å². The zero-order chi connectivity index (χ0) is 13.1. The quantitative estimate of drug-likeness (QED) is 0.936. The first-order valence-corrected chi connectivity index (χ1v) is 5.50. The molecule has 0 radical (unpaired) electrons. The largest absolute Gasteiger partial charge is 0.478 e. The lowest BCUT2D eigenvalue weighted by molar-refractivity contribution is 0.0694. The molecular formula is C11H6Cl2N2O3. The van der Waals surface area contributed by atoms with Crippen molar-refractivity contribution < 1.29 is 14.6 Å². The topological polar surface area (TPSA) is 72.3 Å². The summed E-state index contributed by atoms with van der Waals surface area (Å²) in [6, 6.07) is 4.17. The molecule has 1 aromatic heterocycles. The molecule has 0 aliphatic rings. The summed E-state index contributed by atoms with van der Waals surface area (Å²) in [5.74, 6) is -1.06. The van der Waals surface area contributed by atoms with Gasteiger partial charge in [-0.2, -0.15) is 0 Å². The zero-order valence-electron chi connectivity index (χ0n) is 8.80. The highest BCUT2D eigenvalue weighted by Crippen LogP contribution is 2.26. The molecule has 0 spiro atoms. The third-order valence-electron chi connectivity index (χ3n) is 1.97. The van der Waals surface area contributed by atoms with Crippen molar-refractivity contribution in [2.24, 2.45) is 0 Å². The highest BCUT2D eigenvalue weighted by Gasteiger charge is 2.13. The van der Waals surface area contributed by atoms with Crippen molar-refractivity contribution in [1.82, 2.24) is 9.97 Å². The minimum absolute atomic E-state index is 0.0100. The van der Waals surface area contributed by atoms with Crippen LogP contribution < -0.4 is 4.74 Å². The number of halogens is 2. The van der Waals surface area contributed by atoms with Crippen LogP contribution in [0.4, 0.5) is 0 Å². The Morgan fingerprint density at radius 3 is 2.44 bits per heavy atom. The Hall–Kier alpha value is -1.85. The maximum Gasteiger partial charge on any atom is 0.339 e. The van der Waals surface area contributed by atoms with Gasteiger partial charge in [0.15, 0.2) is 0 Å². The van der Waals surface area contributed by atoms with Crippen LogP contribution in [-0.2, 0) is 0 Å². The molecule has 5 nitrogen and oxygen atoms in total. The average molecular weight is 285 g/mol. The van der Waals surface area contributed by atoms with E-state index in [1.165, 1.54) is 30.6 Å². The van der Waals surface area contributed by atoms with E-state index in [0.717, 1.165) is 0 Å². The summed E-state index contributed by atoms with van der Waals surface area (Å²) in [5.41, 5.74) is -0.0297. The lowest BCUT2D eigenvalue weighted by Gasteiger charge is -2.07. The van der Waals surface area contributed by atoms with Crippen LogP contribution >= 0.6 is 23.2 Å². The van der Waals surface area contributed by atoms with E-state index in [2.05, 4.69) is 9.97 Å². The normalized spacial score (nSPS) is 10.1. The van der Waals surface area contributed by atoms with Gasteiger partial charge in [0.1, 0.15) is 11.3 Å². The molecule has 0 saturated carbocycles. The van der Waals surface area contributed by atoms with Gasteiger partial charge >= 0.3 is 12.0 Å². The minimum atomic E-state index is -1.13. The van der Waals surface area contributed by atoms with Gasteiger partial charge < -0.3 is 9.84 Å². The van der Waals surface area contributed by atoms with E-state index in [1.54, 1.807) is 0 Å².